The molecule has 0 aliphatic carbocycles. The van der Waals surface area contributed by atoms with Crippen LogP contribution in [-0.2, 0) is 14.3 Å². The number of ether oxygens (including phenoxy) is 1. The predicted molar refractivity (Wildman–Crippen MR) is 86.0 cm³/mol. The number of hydrogen-bond acceptors (Lipinski definition) is 6. The van der Waals surface area contributed by atoms with Crippen molar-refractivity contribution in [1.82, 2.24) is 14.9 Å². The highest BCUT2D eigenvalue weighted by Crippen LogP contribution is 2.32. The van der Waals surface area contributed by atoms with E-state index in [2.05, 4.69) is 0 Å². The van der Waals surface area contributed by atoms with Crippen molar-refractivity contribution in [2.45, 2.75) is 31.5 Å². The average Bonchev–Trinajstić information content (AvgIpc) is 3.12. The SMILES string of the molecule is O=C(O)O[C@H]1CCN2C(=O)CC[C@H](N3C(=O)c4ccccc4C3=O)C(=O)N12. The maximum Gasteiger partial charge on any atom is 0.507 e. The van der Waals surface area contributed by atoms with E-state index in [9.17, 15) is 24.0 Å². The molecule has 3 aliphatic heterocycles. The summed E-state index contributed by atoms with van der Waals surface area (Å²) >= 11 is 0. The zero-order chi connectivity index (χ0) is 19.3. The van der Waals surface area contributed by atoms with Gasteiger partial charge in [0, 0.05) is 19.4 Å². The molecule has 3 aliphatic rings. The van der Waals surface area contributed by atoms with Crippen LogP contribution in [0.4, 0.5) is 4.79 Å². The third-order valence-corrected chi connectivity index (χ3v) is 4.93. The number of hydrogen-bond donors (Lipinski definition) is 1. The minimum atomic E-state index is -1.58. The molecule has 4 rings (SSSR count). The zero-order valence-electron chi connectivity index (χ0n) is 14.0. The fourth-order valence-electron chi connectivity index (χ4n) is 3.75. The molecule has 0 saturated carbocycles. The molecule has 10 nitrogen and oxygen atoms in total. The van der Waals surface area contributed by atoms with Crippen LogP contribution in [-0.4, -0.2) is 68.6 Å². The lowest BCUT2D eigenvalue weighted by molar-refractivity contribution is -0.171. The molecule has 0 unspecified atom stereocenters. The smallest absolute Gasteiger partial charge is 0.450 e. The molecule has 0 aromatic heterocycles. The van der Waals surface area contributed by atoms with Crippen molar-refractivity contribution < 1.29 is 33.8 Å². The largest absolute Gasteiger partial charge is 0.507 e. The minimum absolute atomic E-state index is 0.0318. The van der Waals surface area contributed by atoms with E-state index in [0.717, 1.165) is 14.9 Å². The van der Waals surface area contributed by atoms with Gasteiger partial charge in [-0.1, -0.05) is 12.1 Å². The van der Waals surface area contributed by atoms with Gasteiger partial charge in [-0.3, -0.25) is 24.1 Å². The Balaban J connectivity index is 1.69. The van der Waals surface area contributed by atoms with Crippen LogP contribution in [0.3, 0.4) is 0 Å². The lowest BCUT2D eigenvalue weighted by Gasteiger charge is -2.32. The van der Waals surface area contributed by atoms with Gasteiger partial charge in [0.25, 0.3) is 17.7 Å². The topological polar surface area (TPSA) is 125 Å². The number of nitrogens with zero attached hydrogens (tertiary/aromatic N) is 3. The molecule has 27 heavy (non-hydrogen) atoms. The van der Waals surface area contributed by atoms with E-state index >= 15 is 0 Å². The highest BCUT2D eigenvalue weighted by molar-refractivity contribution is 6.23. The van der Waals surface area contributed by atoms with E-state index in [-0.39, 0.29) is 42.8 Å². The summed E-state index contributed by atoms with van der Waals surface area (Å²) in [5.41, 5.74) is 0.393. The van der Waals surface area contributed by atoms with Gasteiger partial charge < -0.3 is 9.84 Å². The van der Waals surface area contributed by atoms with Crippen molar-refractivity contribution in [3.8, 4) is 0 Å². The van der Waals surface area contributed by atoms with Gasteiger partial charge in [0.15, 0.2) is 0 Å². The standard InChI is InChI=1S/C17H15N3O7/c21-12-6-5-11(16(24)20-13(27-17(25)26)7-8-18(12)20)19-14(22)9-3-1-2-4-10(9)15(19)23/h1-4,11,13H,5-8H2,(H,25,26)/t11-,13-/m0/s1. The maximum absolute atomic E-state index is 13.1. The van der Waals surface area contributed by atoms with Crippen LogP contribution < -0.4 is 0 Å². The molecule has 4 amide bonds. The van der Waals surface area contributed by atoms with E-state index in [1.54, 1.807) is 12.1 Å². The van der Waals surface area contributed by atoms with Crippen LogP contribution in [0, 0.1) is 0 Å². The van der Waals surface area contributed by atoms with Crippen molar-refractivity contribution in [2.75, 3.05) is 6.54 Å². The fraction of sp³-hybridized carbons (Fsp3) is 0.353. The number of rotatable bonds is 2. The van der Waals surface area contributed by atoms with E-state index < -0.39 is 36.1 Å². The van der Waals surface area contributed by atoms with Crippen molar-refractivity contribution in [2.24, 2.45) is 0 Å². The van der Waals surface area contributed by atoms with Crippen molar-refractivity contribution >= 4 is 29.8 Å². The van der Waals surface area contributed by atoms with Crippen molar-refractivity contribution in [1.29, 1.82) is 0 Å². The van der Waals surface area contributed by atoms with Crippen LogP contribution >= 0.6 is 0 Å². The number of hydrazine groups is 1. The third kappa shape index (κ3) is 2.52. The predicted octanol–water partition coefficient (Wildman–Crippen LogP) is 0.442. The number of fused-ring (bicyclic) bond motifs is 2. The Labute approximate surface area is 152 Å². The van der Waals surface area contributed by atoms with Crippen LogP contribution in [0.5, 0.6) is 0 Å². The Morgan fingerprint density at radius 1 is 1.04 bits per heavy atom. The van der Waals surface area contributed by atoms with Gasteiger partial charge in [0.05, 0.1) is 11.1 Å². The lowest BCUT2D eigenvalue weighted by atomic mass is 10.1. The van der Waals surface area contributed by atoms with Gasteiger partial charge in [0.1, 0.15) is 6.04 Å². The molecule has 2 fully saturated rings. The van der Waals surface area contributed by atoms with Gasteiger partial charge in [-0.15, -0.1) is 0 Å². The van der Waals surface area contributed by atoms with Crippen LogP contribution in [0.1, 0.15) is 40.0 Å². The summed E-state index contributed by atoms with van der Waals surface area (Å²) in [6.45, 7) is 0.122. The second-order valence-corrected chi connectivity index (χ2v) is 6.41. The summed E-state index contributed by atoms with van der Waals surface area (Å²) < 4.78 is 4.72. The first-order valence-corrected chi connectivity index (χ1v) is 8.40. The van der Waals surface area contributed by atoms with Gasteiger partial charge in [-0.2, -0.15) is 0 Å². The lowest BCUT2D eigenvalue weighted by Crippen LogP contribution is -2.55. The van der Waals surface area contributed by atoms with E-state index in [4.69, 9.17) is 9.84 Å². The Hall–Kier alpha value is -3.43. The molecule has 1 aromatic carbocycles. The molecular weight excluding hydrogens is 358 g/mol. The highest BCUT2D eigenvalue weighted by atomic mass is 16.7. The molecule has 0 bridgehead atoms. The van der Waals surface area contributed by atoms with E-state index in [1.807, 2.05) is 0 Å². The second-order valence-electron chi connectivity index (χ2n) is 6.41. The summed E-state index contributed by atoms with van der Waals surface area (Å²) in [4.78, 5) is 62.7. The Bertz CT molecular complexity index is 848. The molecule has 2 saturated heterocycles. The van der Waals surface area contributed by atoms with Crippen molar-refractivity contribution in [3.63, 3.8) is 0 Å². The highest BCUT2D eigenvalue weighted by Gasteiger charge is 2.50. The maximum atomic E-state index is 13.1. The Morgan fingerprint density at radius 2 is 1.67 bits per heavy atom. The molecule has 3 heterocycles. The monoisotopic (exact) mass is 373 g/mol. The van der Waals surface area contributed by atoms with Crippen molar-refractivity contribution in [3.05, 3.63) is 35.4 Å². The van der Waals surface area contributed by atoms with E-state index in [0.29, 0.717) is 0 Å². The Morgan fingerprint density at radius 3 is 2.26 bits per heavy atom. The number of carboxylic acid groups (broad SMARTS) is 1. The summed E-state index contributed by atoms with van der Waals surface area (Å²) in [5, 5.41) is 10.9. The molecule has 1 aromatic rings. The van der Waals surface area contributed by atoms with Gasteiger partial charge in [0.2, 0.25) is 12.1 Å². The number of benzene rings is 1. The summed E-state index contributed by atoms with van der Waals surface area (Å²) in [6, 6.07) is 5.03. The number of imide groups is 1. The van der Waals surface area contributed by atoms with Crippen LogP contribution in [0.15, 0.2) is 24.3 Å². The molecule has 10 heteroatoms. The second kappa shape index (κ2) is 6.08. The first-order valence-electron chi connectivity index (χ1n) is 8.40. The van der Waals surface area contributed by atoms with Crippen LogP contribution in [0.25, 0.3) is 0 Å². The molecule has 0 radical (unpaired) electrons. The number of carbonyl (C=O) groups is 5. The van der Waals surface area contributed by atoms with Gasteiger partial charge in [-0.25, -0.2) is 14.8 Å². The Kier molecular flexibility index (Phi) is 3.83. The zero-order valence-corrected chi connectivity index (χ0v) is 14.0. The quantitative estimate of drug-likeness (QED) is 0.589. The number of amides is 4. The molecule has 0 spiro atoms. The van der Waals surface area contributed by atoms with E-state index in [1.165, 1.54) is 12.1 Å². The first-order chi connectivity index (χ1) is 12.9. The minimum Gasteiger partial charge on any atom is -0.450 e. The molecular formula is C17H15N3O7. The molecule has 1 N–H and O–H groups in total. The summed E-state index contributed by atoms with van der Waals surface area (Å²) in [5.74, 6) is -2.31. The summed E-state index contributed by atoms with van der Waals surface area (Å²) in [6.07, 6.45) is -2.72. The van der Waals surface area contributed by atoms with Gasteiger partial charge in [-0.05, 0) is 18.6 Å². The third-order valence-electron chi connectivity index (χ3n) is 4.93. The molecule has 140 valence electrons. The molecule has 2 atom stereocenters. The van der Waals surface area contributed by atoms with Gasteiger partial charge >= 0.3 is 6.16 Å². The van der Waals surface area contributed by atoms with Crippen LogP contribution in [0.2, 0.25) is 0 Å². The first kappa shape index (κ1) is 17.0. The summed E-state index contributed by atoms with van der Waals surface area (Å²) in [7, 11) is 0. The average molecular weight is 373 g/mol. The fourth-order valence-corrected chi connectivity index (χ4v) is 3.75. The number of carbonyl (C=O) groups excluding carboxylic acids is 4. The normalized spacial score (nSPS) is 24.8.